The molecule has 0 saturated heterocycles. The van der Waals surface area contributed by atoms with Crippen LogP contribution in [0, 0.1) is 12.8 Å². The second-order valence-electron chi connectivity index (χ2n) is 7.63. The van der Waals surface area contributed by atoms with Crippen molar-refractivity contribution in [3.8, 4) is 0 Å². The Morgan fingerprint density at radius 3 is 2.09 bits per heavy atom. The average Bonchev–Trinajstić information content (AvgIpc) is 2.37. The van der Waals surface area contributed by atoms with Crippen molar-refractivity contribution in [1.82, 2.24) is 0 Å². The van der Waals surface area contributed by atoms with Gasteiger partial charge in [0, 0.05) is 5.71 Å². The van der Waals surface area contributed by atoms with Gasteiger partial charge in [-0.15, -0.1) is 0 Å². The van der Waals surface area contributed by atoms with Gasteiger partial charge in [0.25, 0.3) is 0 Å². The van der Waals surface area contributed by atoms with Crippen LogP contribution in [0.25, 0.3) is 0 Å². The molecule has 1 rings (SSSR count). The Labute approximate surface area is 139 Å². The molecule has 2 atom stereocenters. The van der Waals surface area contributed by atoms with Crippen LogP contribution in [0.3, 0.4) is 0 Å². The minimum atomic E-state index is -1.17. The summed E-state index contributed by atoms with van der Waals surface area (Å²) in [5, 5.41) is 0. The largest absolute Gasteiger partial charge is 0.234 e. The summed E-state index contributed by atoms with van der Waals surface area (Å²) in [4.78, 5) is 0. The van der Waals surface area contributed by atoms with E-state index in [0.717, 1.165) is 18.6 Å². The number of hydrogen-bond donors (Lipinski definition) is 0. The quantitative estimate of drug-likeness (QED) is 0.642. The van der Waals surface area contributed by atoms with Crippen LogP contribution in [0.15, 0.2) is 28.7 Å². The Morgan fingerprint density at radius 1 is 1.09 bits per heavy atom. The van der Waals surface area contributed by atoms with E-state index in [0.29, 0.717) is 11.8 Å². The van der Waals surface area contributed by atoms with Gasteiger partial charge >= 0.3 is 0 Å². The van der Waals surface area contributed by atoms with Crippen LogP contribution < -0.4 is 0 Å². The predicted octanol–water partition coefficient (Wildman–Crippen LogP) is 5.44. The normalized spacial score (nSPS) is 15.9. The first-order valence-electron chi connectivity index (χ1n) is 8.14. The van der Waals surface area contributed by atoms with Crippen molar-refractivity contribution in [3.63, 3.8) is 0 Å². The molecule has 22 heavy (non-hydrogen) atoms. The summed E-state index contributed by atoms with van der Waals surface area (Å²) in [6, 6.07) is 8.68. The van der Waals surface area contributed by atoms with Crippen molar-refractivity contribution in [2.24, 2.45) is 10.3 Å². The van der Waals surface area contributed by atoms with Crippen LogP contribution in [-0.4, -0.2) is 14.7 Å². The van der Waals surface area contributed by atoms with Gasteiger partial charge in [0.1, 0.15) is 11.0 Å². The van der Waals surface area contributed by atoms with E-state index in [1.54, 1.807) is 0 Å². The summed E-state index contributed by atoms with van der Waals surface area (Å²) < 4.78 is 16.6. The molecular weight excluding hydrogens is 290 g/mol. The van der Waals surface area contributed by atoms with Crippen LogP contribution >= 0.6 is 0 Å². The third kappa shape index (κ3) is 6.43. The smallest absolute Gasteiger partial charge is 0.144 e. The van der Waals surface area contributed by atoms with Gasteiger partial charge in [-0.25, -0.2) is 4.21 Å². The molecule has 0 radical (unpaired) electrons. The van der Waals surface area contributed by atoms with Gasteiger partial charge in [0.15, 0.2) is 0 Å². The molecule has 0 saturated carbocycles. The molecule has 0 heterocycles. The van der Waals surface area contributed by atoms with Crippen molar-refractivity contribution in [2.45, 2.75) is 72.0 Å². The molecule has 0 N–H and O–H groups in total. The van der Waals surface area contributed by atoms with Crippen LogP contribution in [0.2, 0.25) is 0 Å². The predicted molar refractivity (Wildman–Crippen MR) is 99.0 cm³/mol. The third-order valence-corrected chi connectivity index (χ3v) is 5.04. The topological polar surface area (TPSA) is 29.4 Å². The van der Waals surface area contributed by atoms with Gasteiger partial charge < -0.3 is 0 Å². The van der Waals surface area contributed by atoms with Gasteiger partial charge in [0.05, 0.1) is 4.75 Å². The second-order valence-corrected chi connectivity index (χ2v) is 9.54. The number of benzene rings is 1. The fourth-order valence-corrected chi connectivity index (χ4v) is 2.91. The fraction of sp³-hybridized carbons (Fsp3) is 0.632. The zero-order chi connectivity index (χ0) is 16.9. The lowest BCUT2D eigenvalue weighted by molar-refractivity contribution is 0.646. The number of nitrogens with zero attached hydrogens (tertiary/aromatic N) is 1. The lowest BCUT2D eigenvalue weighted by Gasteiger charge is -2.18. The molecule has 124 valence electrons. The van der Waals surface area contributed by atoms with Gasteiger partial charge in [-0.05, 0) is 57.9 Å². The summed E-state index contributed by atoms with van der Waals surface area (Å²) in [5.74, 6) is 0.927. The Bertz CT molecular complexity index is 523. The number of aryl methyl sites for hydroxylation is 1. The molecular formula is C19H31NOS. The van der Waals surface area contributed by atoms with Crippen molar-refractivity contribution >= 4 is 16.7 Å². The molecule has 0 aromatic heterocycles. The van der Waals surface area contributed by atoms with Crippen LogP contribution in [0.4, 0.5) is 0 Å². The lowest BCUT2D eigenvalue weighted by Crippen LogP contribution is -2.21. The summed E-state index contributed by atoms with van der Waals surface area (Å²) in [6.07, 6.45) is 1.79. The first-order chi connectivity index (χ1) is 10.1. The van der Waals surface area contributed by atoms with E-state index in [-0.39, 0.29) is 4.75 Å². The summed E-state index contributed by atoms with van der Waals surface area (Å²) in [5.41, 5.74) is 3.68. The summed E-state index contributed by atoms with van der Waals surface area (Å²) >= 11 is 0. The molecule has 0 fully saturated rings. The second kappa shape index (κ2) is 8.05. The standard InChI is InChI=1S/C19H31NOS/c1-14(2)12-18(20-22(21)19(5,6)7)13-16(4)17-10-8-15(3)9-11-17/h8-11,14,16H,12-13H2,1-7H3. The Kier molecular flexibility index (Phi) is 6.98. The summed E-state index contributed by atoms with van der Waals surface area (Å²) in [7, 11) is -1.17. The number of rotatable bonds is 6. The summed E-state index contributed by atoms with van der Waals surface area (Å²) in [6.45, 7) is 14.6. The molecule has 1 aromatic rings. The van der Waals surface area contributed by atoms with Gasteiger partial charge in [-0.3, -0.25) is 0 Å². The average molecular weight is 322 g/mol. The molecule has 2 nitrogen and oxygen atoms in total. The molecule has 0 aliphatic carbocycles. The molecule has 0 amide bonds. The van der Waals surface area contributed by atoms with Crippen molar-refractivity contribution in [3.05, 3.63) is 35.4 Å². The van der Waals surface area contributed by atoms with Gasteiger partial charge in [0.2, 0.25) is 0 Å². The Hall–Kier alpha value is -0.960. The third-order valence-electron chi connectivity index (χ3n) is 3.57. The lowest BCUT2D eigenvalue weighted by atomic mass is 9.92. The Morgan fingerprint density at radius 2 is 1.64 bits per heavy atom. The van der Waals surface area contributed by atoms with E-state index in [2.05, 4.69) is 56.4 Å². The maximum absolute atomic E-state index is 12.3. The molecule has 0 aliphatic rings. The van der Waals surface area contributed by atoms with E-state index in [4.69, 9.17) is 0 Å². The van der Waals surface area contributed by atoms with E-state index in [1.807, 2.05) is 20.8 Å². The molecule has 0 bridgehead atoms. The van der Waals surface area contributed by atoms with Gasteiger partial charge in [-0.1, -0.05) is 50.6 Å². The molecule has 0 spiro atoms. The highest BCUT2D eigenvalue weighted by molar-refractivity contribution is 7.85. The van der Waals surface area contributed by atoms with E-state index < -0.39 is 11.0 Å². The van der Waals surface area contributed by atoms with Crippen LogP contribution in [0.5, 0.6) is 0 Å². The maximum atomic E-state index is 12.3. The minimum absolute atomic E-state index is 0.296. The molecule has 1 aromatic carbocycles. The molecule has 3 heteroatoms. The first-order valence-corrected chi connectivity index (χ1v) is 9.25. The highest BCUT2D eigenvalue weighted by Gasteiger charge is 2.21. The zero-order valence-electron chi connectivity index (χ0n) is 15.1. The van der Waals surface area contributed by atoms with E-state index in [9.17, 15) is 4.21 Å². The van der Waals surface area contributed by atoms with Gasteiger partial charge in [-0.2, -0.15) is 4.40 Å². The van der Waals surface area contributed by atoms with Crippen molar-refractivity contribution in [2.75, 3.05) is 0 Å². The minimum Gasteiger partial charge on any atom is -0.234 e. The molecule has 0 aliphatic heterocycles. The van der Waals surface area contributed by atoms with Crippen molar-refractivity contribution in [1.29, 1.82) is 0 Å². The first kappa shape index (κ1) is 19.1. The van der Waals surface area contributed by atoms with Crippen LogP contribution in [-0.2, 0) is 11.0 Å². The highest BCUT2D eigenvalue weighted by Crippen LogP contribution is 2.23. The number of hydrogen-bond acceptors (Lipinski definition) is 1. The van der Waals surface area contributed by atoms with Crippen LogP contribution in [0.1, 0.15) is 71.4 Å². The highest BCUT2D eigenvalue weighted by atomic mass is 32.2. The fourth-order valence-electron chi connectivity index (χ4n) is 2.25. The molecule has 2 unspecified atom stereocenters. The van der Waals surface area contributed by atoms with Crippen molar-refractivity contribution < 1.29 is 4.21 Å². The zero-order valence-corrected chi connectivity index (χ0v) is 16.0. The maximum Gasteiger partial charge on any atom is 0.144 e. The SMILES string of the molecule is Cc1ccc(C(C)CC(CC(C)C)=NS(=O)C(C)(C)C)cc1. The Balaban J connectivity index is 2.91. The van der Waals surface area contributed by atoms with E-state index in [1.165, 1.54) is 11.1 Å². The van der Waals surface area contributed by atoms with E-state index >= 15 is 0 Å². The monoisotopic (exact) mass is 321 g/mol.